The summed E-state index contributed by atoms with van der Waals surface area (Å²) in [5, 5.41) is 0. The molecule has 1 aliphatic heterocycles. The van der Waals surface area contributed by atoms with Crippen LogP contribution in [-0.2, 0) is 16.0 Å². The number of nitrogens with zero attached hydrogens (tertiary/aromatic N) is 1. The monoisotopic (exact) mass is 405 g/mol. The molecule has 0 aliphatic carbocycles. The minimum atomic E-state index is -0.916. The van der Waals surface area contributed by atoms with Crippen molar-refractivity contribution in [3.8, 4) is 0 Å². The van der Waals surface area contributed by atoms with Gasteiger partial charge in [-0.2, -0.15) is 0 Å². The summed E-state index contributed by atoms with van der Waals surface area (Å²) in [5.74, 6) is -2.07. The third-order valence-electron chi connectivity index (χ3n) is 4.37. The van der Waals surface area contributed by atoms with E-state index in [1.54, 1.807) is 0 Å². The number of rotatable bonds is 6. The fourth-order valence-electron chi connectivity index (χ4n) is 3.02. The highest BCUT2D eigenvalue weighted by molar-refractivity contribution is 7.99. The van der Waals surface area contributed by atoms with E-state index in [4.69, 9.17) is 0 Å². The third-order valence-corrected chi connectivity index (χ3v) is 5.37. The predicted molar refractivity (Wildman–Crippen MR) is 105 cm³/mol. The van der Waals surface area contributed by atoms with Crippen molar-refractivity contribution in [1.82, 2.24) is 10.9 Å². The van der Waals surface area contributed by atoms with Crippen LogP contribution >= 0.6 is 11.8 Å². The van der Waals surface area contributed by atoms with Crippen LogP contribution in [-0.4, -0.2) is 30.7 Å². The van der Waals surface area contributed by atoms with Gasteiger partial charge < -0.3 is 4.90 Å². The van der Waals surface area contributed by atoms with E-state index in [2.05, 4.69) is 16.9 Å². The van der Waals surface area contributed by atoms with Crippen LogP contribution in [0.1, 0.15) is 18.4 Å². The van der Waals surface area contributed by atoms with Gasteiger partial charge in [0.25, 0.3) is 5.91 Å². The number of anilines is 1. The Balaban J connectivity index is 1.39. The molecule has 0 radical (unpaired) electrons. The highest BCUT2D eigenvalue weighted by atomic mass is 32.2. The number of para-hydroxylation sites is 1. The lowest BCUT2D eigenvalue weighted by molar-refractivity contribution is -0.128. The molecule has 2 aromatic rings. The van der Waals surface area contributed by atoms with Crippen LogP contribution in [0.5, 0.6) is 0 Å². The van der Waals surface area contributed by atoms with Gasteiger partial charge in [-0.25, -0.2) is 8.78 Å². The van der Waals surface area contributed by atoms with E-state index in [-0.39, 0.29) is 24.8 Å². The summed E-state index contributed by atoms with van der Waals surface area (Å²) in [7, 11) is 0. The Kier molecular flexibility index (Phi) is 6.86. The number of hydrogen-bond donors (Lipinski definition) is 2. The minimum absolute atomic E-state index is 0.135. The molecule has 0 atom stereocenters. The van der Waals surface area contributed by atoms with E-state index in [1.165, 1.54) is 23.4 Å². The fourth-order valence-corrected chi connectivity index (χ4v) is 3.89. The van der Waals surface area contributed by atoms with Crippen molar-refractivity contribution < 1.29 is 18.4 Å². The van der Waals surface area contributed by atoms with Crippen LogP contribution < -0.4 is 15.8 Å². The van der Waals surface area contributed by atoms with Crippen molar-refractivity contribution in [3.05, 3.63) is 59.7 Å². The number of hydrazine groups is 1. The predicted octanol–water partition coefficient (Wildman–Crippen LogP) is 3.05. The number of thioether (sulfide) groups is 1. The van der Waals surface area contributed by atoms with E-state index in [1.807, 2.05) is 23.1 Å². The Morgan fingerprint density at radius 1 is 1.04 bits per heavy atom. The molecule has 1 heterocycles. The summed E-state index contributed by atoms with van der Waals surface area (Å²) >= 11 is 1.24. The Hall–Kier alpha value is -2.61. The average Bonchev–Trinajstić information content (AvgIpc) is 2.69. The fraction of sp³-hybridized carbons (Fsp3) is 0.300. The van der Waals surface area contributed by atoms with Gasteiger partial charge in [0.2, 0.25) is 5.91 Å². The highest BCUT2D eigenvalue weighted by Crippen LogP contribution is 2.26. The second kappa shape index (κ2) is 9.54. The molecule has 28 heavy (non-hydrogen) atoms. The Morgan fingerprint density at radius 2 is 1.82 bits per heavy atom. The van der Waals surface area contributed by atoms with E-state index < -0.39 is 11.6 Å². The first-order valence-electron chi connectivity index (χ1n) is 9.01. The zero-order chi connectivity index (χ0) is 19.9. The molecular formula is C20H21F2N3O2S. The number of halogens is 2. The van der Waals surface area contributed by atoms with Crippen molar-refractivity contribution in [2.24, 2.45) is 0 Å². The topological polar surface area (TPSA) is 61.4 Å². The molecule has 3 rings (SSSR count). The minimum Gasteiger partial charge on any atom is -0.362 e. The van der Waals surface area contributed by atoms with Crippen LogP contribution in [0.15, 0.2) is 47.4 Å². The average molecular weight is 405 g/mol. The molecule has 2 amide bonds. The molecule has 0 aromatic heterocycles. The number of nitrogens with one attached hydrogen (secondary N) is 2. The lowest BCUT2D eigenvalue weighted by atomic mass is 10.0. The van der Waals surface area contributed by atoms with Gasteiger partial charge >= 0.3 is 0 Å². The second-order valence-electron chi connectivity index (χ2n) is 6.42. The van der Waals surface area contributed by atoms with E-state index in [0.717, 1.165) is 37.2 Å². The molecule has 0 bridgehead atoms. The quantitative estimate of drug-likeness (QED) is 0.573. The van der Waals surface area contributed by atoms with Gasteiger partial charge in [0.1, 0.15) is 0 Å². The molecular weight excluding hydrogens is 384 g/mol. The van der Waals surface area contributed by atoms with Gasteiger partial charge in [-0.05, 0) is 42.7 Å². The summed E-state index contributed by atoms with van der Waals surface area (Å²) < 4.78 is 26.0. The van der Waals surface area contributed by atoms with Gasteiger partial charge in [0.05, 0.1) is 6.54 Å². The summed E-state index contributed by atoms with van der Waals surface area (Å²) in [6.45, 7) is 0.962. The Labute approximate surface area is 166 Å². The first kappa shape index (κ1) is 20.1. The molecule has 0 fully saturated rings. The van der Waals surface area contributed by atoms with Crippen molar-refractivity contribution in [2.45, 2.75) is 24.2 Å². The molecule has 0 saturated carbocycles. The molecule has 2 aromatic carbocycles. The number of hydrogen-bond acceptors (Lipinski definition) is 4. The maximum Gasteiger partial charge on any atom is 0.257 e. The van der Waals surface area contributed by atoms with E-state index in [9.17, 15) is 18.4 Å². The molecule has 0 spiro atoms. The van der Waals surface area contributed by atoms with Crippen LogP contribution in [0.3, 0.4) is 0 Å². The number of carbonyl (C=O) groups is 2. The van der Waals surface area contributed by atoms with Gasteiger partial charge in [0, 0.05) is 29.3 Å². The third kappa shape index (κ3) is 5.45. The summed E-state index contributed by atoms with van der Waals surface area (Å²) in [5.41, 5.74) is 7.09. The maximum atomic E-state index is 13.1. The van der Waals surface area contributed by atoms with Crippen molar-refractivity contribution in [2.75, 3.05) is 23.7 Å². The molecule has 0 unspecified atom stereocenters. The van der Waals surface area contributed by atoms with Crippen LogP contribution in [0.2, 0.25) is 0 Å². The van der Waals surface area contributed by atoms with Crippen molar-refractivity contribution in [1.29, 1.82) is 0 Å². The second-order valence-corrected chi connectivity index (χ2v) is 7.59. The lowest BCUT2D eigenvalue weighted by Gasteiger charge is -2.30. The van der Waals surface area contributed by atoms with Crippen LogP contribution in [0.4, 0.5) is 14.5 Å². The van der Waals surface area contributed by atoms with E-state index in [0.29, 0.717) is 10.6 Å². The molecule has 8 heteroatoms. The van der Waals surface area contributed by atoms with Crippen LogP contribution in [0.25, 0.3) is 0 Å². The number of amides is 2. The number of carbonyl (C=O) groups excluding carboxylic acids is 2. The molecule has 148 valence electrons. The summed E-state index contributed by atoms with van der Waals surface area (Å²) in [6.07, 6.45) is 2.12. The molecule has 2 N–H and O–H groups in total. The number of aryl methyl sites for hydroxylation is 1. The van der Waals surface area contributed by atoms with Gasteiger partial charge in [-0.1, -0.05) is 18.2 Å². The van der Waals surface area contributed by atoms with Crippen LogP contribution in [0, 0.1) is 11.6 Å². The molecule has 0 saturated heterocycles. The standard InChI is InChI=1S/C20H21F2N3O2S/c21-16-8-7-15(12-17(16)22)28-11-9-19(26)23-24-20(27)13-25-10-3-5-14-4-1-2-6-18(14)25/h1-2,4,6-8,12H,3,5,9-11,13H2,(H,23,26)(H,24,27). The highest BCUT2D eigenvalue weighted by Gasteiger charge is 2.18. The molecule has 5 nitrogen and oxygen atoms in total. The molecule has 1 aliphatic rings. The first-order valence-corrected chi connectivity index (χ1v) is 10.00. The van der Waals surface area contributed by atoms with Gasteiger partial charge in [-0.15, -0.1) is 11.8 Å². The lowest BCUT2D eigenvalue weighted by Crippen LogP contribution is -2.47. The summed E-state index contributed by atoms with van der Waals surface area (Å²) in [6, 6.07) is 11.6. The maximum absolute atomic E-state index is 13.1. The van der Waals surface area contributed by atoms with Crippen molar-refractivity contribution in [3.63, 3.8) is 0 Å². The Morgan fingerprint density at radius 3 is 2.64 bits per heavy atom. The summed E-state index contributed by atoms with van der Waals surface area (Å²) in [4.78, 5) is 26.5. The Bertz CT molecular complexity index is 863. The van der Waals surface area contributed by atoms with Gasteiger partial charge in [0.15, 0.2) is 11.6 Å². The number of fused-ring (bicyclic) bond motifs is 1. The zero-order valence-electron chi connectivity index (χ0n) is 15.2. The smallest absolute Gasteiger partial charge is 0.257 e. The largest absolute Gasteiger partial charge is 0.362 e. The SMILES string of the molecule is O=C(CCSc1ccc(F)c(F)c1)NNC(=O)CN1CCCc2ccccc21. The number of benzene rings is 2. The first-order chi connectivity index (χ1) is 13.5. The van der Waals surface area contributed by atoms with Crippen molar-refractivity contribution >= 4 is 29.3 Å². The van der Waals surface area contributed by atoms with Gasteiger partial charge in [-0.3, -0.25) is 20.4 Å². The van der Waals surface area contributed by atoms with E-state index >= 15 is 0 Å². The normalized spacial score (nSPS) is 13.0. The zero-order valence-corrected chi connectivity index (χ0v) is 16.0.